The first-order valence-electron chi connectivity index (χ1n) is 24.0. The maximum Gasteiger partial charge on any atom is 0.416 e. The van der Waals surface area contributed by atoms with E-state index in [2.05, 4.69) is 113 Å². The summed E-state index contributed by atoms with van der Waals surface area (Å²) in [7, 11) is 0. The Labute approximate surface area is 399 Å². The Morgan fingerprint density at radius 3 is 2.29 bits per heavy atom. The molecule has 2 aliphatic carbocycles. The molecule has 2 fully saturated rings. The summed E-state index contributed by atoms with van der Waals surface area (Å²) in [5.74, 6) is 0.249. The lowest BCUT2D eigenvalue weighted by molar-refractivity contribution is -0.138. The monoisotopic (exact) mass is 942 g/mol. The highest BCUT2D eigenvalue weighted by molar-refractivity contribution is 5.98. The average Bonchev–Trinajstić information content (AvgIpc) is 3.95. The summed E-state index contributed by atoms with van der Waals surface area (Å²) in [5.41, 5.74) is 10.1. The van der Waals surface area contributed by atoms with Gasteiger partial charge in [-0.15, -0.1) is 0 Å². The maximum absolute atomic E-state index is 15.0. The van der Waals surface area contributed by atoms with Crippen LogP contribution in [0.3, 0.4) is 0 Å². The van der Waals surface area contributed by atoms with Crippen LogP contribution in [0.25, 0.3) is 11.3 Å². The number of aromatic nitrogens is 8. The van der Waals surface area contributed by atoms with Crippen LogP contribution >= 0.6 is 0 Å². The molecule has 69 heavy (non-hydrogen) atoms. The van der Waals surface area contributed by atoms with Crippen LogP contribution in [0.4, 0.5) is 13.2 Å². The van der Waals surface area contributed by atoms with Gasteiger partial charge in [-0.25, -0.2) is 19.8 Å². The van der Waals surface area contributed by atoms with Crippen LogP contribution in [-0.4, -0.2) is 64.1 Å². The number of halogens is 3. The maximum atomic E-state index is 15.0. The normalized spacial score (nSPS) is 20.6. The largest absolute Gasteiger partial charge is 0.416 e. The number of nitrogens with zero attached hydrogens (tertiary/aromatic N) is 8. The van der Waals surface area contributed by atoms with Crippen molar-refractivity contribution in [1.82, 2.24) is 45.3 Å². The predicted molar refractivity (Wildman–Crippen MR) is 259 cm³/mol. The van der Waals surface area contributed by atoms with Gasteiger partial charge in [-0.1, -0.05) is 108 Å². The third-order valence-electron chi connectivity index (χ3n) is 15.5. The fraction of sp³-hybridized carbons (Fsp3) is 0.453. The Bertz CT molecular complexity index is 3030. The molecule has 0 spiro atoms. The van der Waals surface area contributed by atoms with Gasteiger partial charge in [-0.3, -0.25) is 4.90 Å². The second-order valence-corrected chi connectivity index (χ2v) is 20.7. The number of aromatic amines is 2. The minimum absolute atomic E-state index is 0.00347. The number of nitrogens with one attached hydrogen (secondary N) is 2. The number of oxime groups is 1. The summed E-state index contributed by atoms with van der Waals surface area (Å²) in [6.45, 7) is 21.9. The highest BCUT2D eigenvalue weighted by atomic mass is 19.4. The van der Waals surface area contributed by atoms with E-state index in [1.54, 1.807) is 12.1 Å². The van der Waals surface area contributed by atoms with Crippen LogP contribution in [0.1, 0.15) is 147 Å². The molecule has 1 saturated heterocycles. The number of rotatable bonds is 13. The first-order chi connectivity index (χ1) is 32.8. The van der Waals surface area contributed by atoms with Crippen molar-refractivity contribution < 1.29 is 18.0 Å². The molecule has 3 atom stereocenters. The van der Waals surface area contributed by atoms with Gasteiger partial charge < -0.3 is 4.84 Å². The Balaban J connectivity index is 0.883. The zero-order valence-electron chi connectivity index (χ0n) is 40.5. The lowest BCUT2D eigenvalue weighted by Gasteiger charge is -2.52. The van der Waals surface area contributed by atoms with Crippen LogP contribution in [0, 0.1) is 18.8 Å². The number of aryl methyl sites for hydroxylation is 2. The van der Waals surface area contributed by atoms with E-state index in [0.29, 0.717) is 48.5 Å². The number of H-pyrrole nitrogens is 2. The molecule has 16 heteroatoms. The van der Waals surface area contributed by atoms with E-state index in [4.69, 9.17) is 4.84 Å². The van der Waals surface area contributed by atoms with Gasteiger partial charge in [0.05, 0.1) is 23.0 Å². The van der Waals surface area contributed by atoms with E-state index in [0.717, 1.165) is 65.6 Å². The van der Waals surface area contributed by atoms with Gasteiger partial charge in [-0.05, 0) is 174 Å². The molecule has 2 N–H and O–H groups in total. The molecule has 0 amide bonds. The molecule has 2 aromatic heterocycles. The number of hydrogen-bond donors (Lipinski definition) is 2. The quantitative estimate of drug-likeness (QED) is 0.0858. The fourth-order valence-corrected chi connectivity index (χ4v) is 11.6. The Kier molecular flexibility index (Phi) is 12.8. The molecule has 6 aromatic rings. The summed E-state index contributed by atoms with van der Waals surface area (Å²) in [4.78, 5) is 32.0. The molecule has 3 unspecified atom stereocenters. The van der Waals surface area contributed by atoms with E-state index < -0.39 is 17.4 Å². The molecule has 0 radical (unpaired) electrons. The van der Waals surface area contributed by atoms with Gasteiger partial charge in [0, 0.05) is 19.6 Å². The van der Waals surface area contributed by atoms with E-state index in [-0.39, 0.29) is 46.9 Å². The van der Waals surface area contributed by atoms with Gasteiger partial charge in [0.2, 0.25) is 0 Å². The topological polar surface area (TPSA) is 152 Å². The molecule has 9 rings (SSSR count). The first-order valence-corrected chi connectivity index (χ1v) is 24.0. The third kappa shape index (κ3) is 9.39. The van der Waals surface area contributed by atoms with Gasteiger partial charge in [0.15, 0.2) is 0 Å². The van der Waals surface area contributed by atoms with Crippen molar-refractivity contribution in [3.05, 3.63) is 162 Å². The Morgan fingerprint density at radius 1 is 0.884 bits per heavy atom. The fourth-order valence-electron chi connectivity index (χ4n) is 11.6. The minimum Gasteiger partial charge on any atom is -0.391 e. The highest BCUT2D eigenvalue weighted by Gasteiger charge is 2.49. The highest BCUT2D eigenvalue weighted by Crippen LogP contribution is 2.56. The molecule has 4 aromatic carbocycles. The average molecular weight is 943 g/mol. The summed E-state index contributed by atoms with van der Waals surface area (Å²) in [5, 5.41) is 23.9. The van der Waals surface area contributed by atoms with Crippen molar-refractivity contribution in [2.45, 2.75) is 129 Å². The molecule has 362 valence electrons. The van der Waals surface area contributed by atoms with Crippen LogP contribution in [0.5, 0.6) is 0 Å². The van der Waals surface area contributed by atoms with E-state index >= 15 is 13.2 Å². The molecule has 3 heterocycles. The van der Waals surface area contributed by atoms with Crippen molar-refractivity contribution in [2.24, 2.45) is 17.0 Å². The molecule has 13 nitrogen and oxygen atoms in total. The second-order valence-electron chi connectivity index (χ2n) is 20.7. The lowest BCUT2D eigenvalue weighted by Crippen LogP contribution is -2.49. The van der Waals surface area contributed by atoms with E-state index in [9.17, 15) is 9.59 Å². The molecular weight excluding hydrogens is 882 g/mol. The third-order valence-corrected chi connectivity index (χ3v) is 15.5. The second kappa shape index (κ2) is 18.5. The Hall–Kier alpha value is -6.42. The van der Waals surface area contributed by atoms with Crippen LogP contribution in [0.15, 0.2) is 94.1 Å². The summed E-state index contributed by atoms with van der Waals surface area (Å²) in [6.07, 6.45) is 0.454. The minimum atomic E-state index is -4.53. The van der Waals surface area contributed by atoms with Crippen LogP contribution in [0.2, 0.25) is 0 Å². The summed E-state index contributed by atoms with van der Waals surface area (Å²) >= 11 is 0. The van der Waals surface area contributed by atoms with Crippen LogP contribution in [-0.2, 0) is 41.4 Å². The zero-order valence-corrected chi connectivity index (χ0v) is 40.5. The Morgan fingerprint density at radius 2 is 1.61 bits per heavy atom. The zero-order chi connectivity index (χ0) is 49.0. The number of tetrazole rings is 2. The van der Waals surface area contributed by atoms with Crippen molar-refractivity contribution >= 4 is 11.3 Å². The van der Waals surface area contributed by atoms with Crippen molar-refractivity contribution in [1.29, 1.82) is 0 Å². The number of fused-ring (bicyclic) bond motifs is 1. The molecular formula is C53H61F3N10O3. The smallest absolute Gasteiger partial charge is 0.391 e. The van der Waals surface area contributed by atoms with Gasteiger partial charge in [-0.2, -0.15) is 22.5 Å². The van der Waals surface area contributed by atoms with E-state index in [1.165, 1.54) is 32.1 Å². The first kappa shape index (κ1) is 47.6. The summed E-state index contributed by atoms with van der Waals surface area (Å²) < 4.78 is 47.7. The number of likely N-dealkylation sites (tertiary alicyclic amines) is 1. The summed E-state index contributed by atoms with van der Waals surface area (Å²) in [6, 6.07) is 23.0. The van der Waals surface area contributed by atoms with E-state index in [1.807, 2.05) is 37.3 Å². The predicted octanol–water partition coefficient (Wildman–Crippen LogP) is 9.73. The van der Waals surface area contributed by atoms with Crippen LogP contribution < -0.4 is 11.4 Å². The molecule has 1 aliphatic heterocycles. The van der Waals surface area contributed by atoms with Crippen molar-refractivity contribution in [3.8, 4) is 5.69 Å². The molecule has 1 saturated carbocycles. The van der Waals surface area contributed by atoms with Gasteiger partial charge in [0.1, 0.15) is 6.61 Å². The molecule has 0 bridgehead atoms. The van der Waals surface area contributed by atoms with Gasteiger partial charge >= 0.3 is 17.6 Å². The van der Waals surface area contributed by atoms with Gasteiger partial charge in [0.25, 0.3) is 0 Å². The lowest BCUT2D eigenvalue weighted by atomic mass is 9.52. The standard InChI is InChI=1S/C53H61F3N10O3/c1-9-35-23-37(14-15-40(35)27-64-28-42(29-64)66-50(68)58-61-63-66)33(4)59-69-30-34-13-20-43(45(22-34)53(54,55)56)38-11-10-12-39(24-38)48-26-51(5,6)46-21-31(2)44(25-47(46)52(48,7)8)32(3)36-16-18-41(19-17-36)65-49(67)57-60-62-65/h13-23,25,38-39,42,48H,3,9-12,24,26-30H2,1-2,4-8H3,(H,57,62,67)(H,58,63,68)/b59-33+. The SMILES string of the molecule is C=C(c1ccc(-n2nn[nH]c2=O)cc1)c1cc2c(cc1C)C(C)(C)CC(C1CCCC(c3ccc(CO/N=C(\C)c4ccc(CN5CC(n6nn[nH]c6=O)C5)c(CC)c4)cc3C(F)(F)F)C1)C2(C)C. The number of benzene rings is 4. The van der Waals surface area contributed by atoms with Crippen molar-refractivity contribution in [3.63, 3.8) is 0 Å². The van der Waals surface area contributed by atoms with Crippen molar-refractivity contribution in [2.75, 3.05) is 13.1 Å². The number of hydrogen-bond acceptors (Lipinski definition) is 9. The number of alkyl halides is 3. The molecule has 3 aliphatic rings.